The number of aryl methyl sites for hydroxylation is 4. The first kappa shape index (κ1) is 16.6. The van der Waals surface area contributed by atoms with Gasteiger partial charge in [-0.15, -0.1) is 15.3 Å². The van der Waals surface area contributed by atoms with Gasteiger partial charge in [0.2, 0.25) is 0 Å². The lowest BCUT2D eigenvalue weighted by Crippen LogP contribution is -2.05. The molecule has 1 aromatic carbocycles. The van der Waals surface area contributed by atoms with E-state index in [0.29, 0.717) is 11.5 Å². The van der Waals surface area contributed by atoms with Crippen molar-refractivity contribution in [2.75, 3.05) is 0 Å². The van der Waals surface area contributed by atoms with Crippen LogP contribution in [0.4, 0.5) is 0 Å². The second-order valence-corrected chi connectivity index (χ2v) is 7.18. The normalized spacial score (nSPS) is 11.4. The molecule has 3 aromatic heterocycles. The zero-order chi connectivity index (χ0) is 18.3. The van der Waals surface area contributed by atoms with Gasteiger partial charge in [-0.25, -0.2) is 4.98 Å². The van der Waals surface area contributed by atoms with Crippen molar-refractivity contribution >= 4 is 17.5 Å². The third-order valence-corrected chi connectivity index (χ3v) is 5.03. The van der Waals surface area contributed by atoms with Gasteiger partial charge in [-0.1, -0.05) is 29.5 Å². The van der Waals surface area contributed by atoms with Crippen LogP contribution in [0.25, 0.3) is 11.5 Å². The summed E-state index contributed by atoms with van der Waals surface area (Å²) in [7, 11) is 0. The summed E-state index contributed by atoms with van der Waals surface area (Å²) in [6, 6.07) is 8.24. The van der Waals surface area contributed by atoms with Crippen LogP contribution in [0.2, 0.25) is 0 Å². The van der Waals surface area contributed by atoms with E-state index in [1.165, 1.54) is 17.3 Å². The minimum Gasteiger partial charge on any atom is -0.259 e. The summed E-state index contributed by atoms with van der Waals surface area (Å²) in [5.41, 5.74) is 5.30. The van der Waals surface area contributed by atoms with Crippen molar-refractivity contribution in [2.45, 2.75) is 38.6 Å². The van der Waals surface area contributed by atoms with Gasteiger partial charge in [0, 0.05) is 11.4 Å². The first-order valence-corrected chi connectivity index (χ1v) is 9.18. The summed E-state index contributed by atoms with van der Waals surface area (Å²) < 4.78 is 3.73. The zero-order valence-corrected chi connectivity index (χ0v) is 15.8. The molecule has 0 unspecified atom stereocenters. The first-order chi connectivity index (χ1) is 12.5. The predicted octanol–water partition coefficient (Wildman–Crippen LogP) is 2.63. The molecule has 132 valence electrons. The van der Waals surface area contributed by atoms with Crippen LogP contribution in [-0.2, 0) is 5.75 Å². The Hall–Kier alpha value is -2.81. The standard InChI is InChI=1S/C17H18N8S/c1-10-5-6-14(11(2)7-10)25-15(19-22-23-25)9-26-17-21-20-16-18-12(3)8-13(4)24(16)17/h5-8H,9H2,1-4H3. The largest absolute Gasteiger partial charge is 0.259 e. The average molecular weight is 366 g/mol. The van der Waals surface area contributed by atoms with Crippen molar-refractivity contribution in [1.82, 2.24) is 39.8 Å². The maximum Gasteiger partial charge on any atom is 0.256 e. The molecule has 0 saturated heterocycles. The third kappa shape index (κ3) is 2.94. The Labute approximate surface area is 154 Å². The molecule has 0 aliphatic rings. The quantitative estimate of drug-likeness (QED) is 0.513. The number of benzene rings is 1. The van der Waals surface area contributed by atoms with Gasteiger partial charge in [0.05, 0.1) is 11.4 Å². The van der Waals surface area contributed by atoms with E-state index in [4.69, 9.17) is 0 Å². The van der Waals surface area contributed by atoms with Gasteiger partial charge in [0.1, 0.15) is 0 Å². The SMILES string of the molecule is Cc1ccc(-n2nnnc2CSc2nnc3nc(C)cc(C)n23)c(C)c1. The Kier molecular flexibility index (Phi) is 4.15. The minimum atomic E-state index is 0.578. The Morgan fingerprint density at radius 1 is 1.00 bits per heavy atom. The molecule has 8 nitrogen and oxygen atoms in total. The molecule has 4 aromatic rings. The van der Waals surface area contributed by atoms with Crippen molar-refractivity contribution in [1.29, 1.82) is 0 Å². The summed E-state index contributed by atoms with van der Waals surface area (Å²) >= 11 is 1.54. The molecule has 0 spiro atoms. The van der Waals surface area contributed by atoms with Gasteiger partial charge in [0.15, 0.2) is 11.0 Å². The van der Waals surface area contributed by atoms with Crippen molar-refractivity contribution in [3.8, 4) is 5.69 Å². The van der Waals surface area contributed by atoms with E-state index in [0.717, 1.165) is 33.6 Å². The van der Waals surface area contributed by atoms with Gasteiger partial charge in [-0.05, 0) is 55.8 Å². The molecule has 0 bridgehead atoms. The van der Waals surface area contributed by atoms with Gasteiger partial charge in [-0.2, -0.15) is 4.68 Å². The molecule has 0 radical (unpaired) electrons. The van der Waals surface area contributed by atoms with Crippen LogP contribution < -0.4 is 0 Å². The summed E-state index contributed by atoms with van der Waals surface area (Å²) in [5.74, 6) is 1.95. The lowest BCUT2D eigenvalue weighted by molar-refractivity contribution is 0.772. The van der Waals surface area contributed by atoms with E-state index in [1.807, 2.05) is 30.4 Å². The highest BCUT2D eigenvalue weighted by Crippen LogP contribution is 2.23. The Morgan fingerprint density at radius 3 is 2.65 bits per heavy atom. The molecule has 3 heterocycles. The Balaban J connectivity index is 1.63. The molecule has 0 saturated carbocycles. The summed E-state index contributed by atoms with van der Waals surface area (Å²) in [6.45, 7) is 8.10. The zero-order valence-electron chi connectivity index (χ0n) is 15.0. The predicted molar refractivity (Wildman–Crippen MR) is 98.4 cm³/mol. The number of thioether (sulfide) groups is 1. The Morgan fingerprint density at radius 2 is 1.85 bits per heavy atom. The molecular formula is C17H18N8S. The highest BCUT2D eigenvalue weighted by atomic mass is 32.2. The molecule has 0 amide bonds. The number of hydrogen-bond acceptors (Lipinski definition) is 7. The fourth-order valence-electron chi connectivity index (χ4n) is 2.95. The van der Waals surface area contributed by atoms with Crippen LogP contribution in [0.1, 0.15) is 28.3 Å². The van der Waals surface area contributed by atoms with Crippen LogP contribution >= 0.6 is 11.8 Å². The van der Waals surface area contributed by atoms with E-state index >= 15 is 0 Å². The van der Waals surface area contributed by atoms with Crippen molar-refractivity contribution in [2.24, 2.45) is 0 Å². The van der Waals surface area contributed by atoms with Crippen LogP contribution in [0, 0.1) is 27.7 Å². The van der Waals surface area contributed by atoms with Gasteiger partial charge >= 0.3 is 0 Å². The van der Waals surface area contributed by atoms with Crippen molar-refractivity contribution in [3.63, 3.8) is 0 Å². The number of hydrogen-bond donors (Lipinski definition) is 0. The summed E-state index contributed by atoms with van der Waals surface area (Å²) in [6.07, 6.45) is 0. The molecular weight excluding hydrogens is 348 g/mol. The van der Waals surface area contributed by atoms with Crippen molar-refractivity contribution in [3.05, 3.63) is 52.6 Å². The smallest absolute Gasteiger partial charge is 0.256 e. The highest BCUT2D eigenvalue weighted by molar-refractivity contribution is 7.98. The highest BCUT2D eigenvalue weighted by Gasteiger charge is 2.15. The number of aromatic nitrogens is 8. The second-order valence-electron chi connectivity index (χ2n) is 6.24. The van der Waals surface area contributed by atoms with Crippen LogP contribution in [0.5, 0.6) is 0 Å². The summed E-state index contributed by atoms with van der Waals surface area (Å²) in [4.78, 5) is 4.42. The maximum atomic E-state index is 4.42. The Bertz CT molecular complexity index is 1100. The van der Waals surface area contributed by atoms with E-state index in [-0.39, 0.29) is 0 Å². The van der Waals surface area contributed by atoms with E-state index in [1.54, 1.807) is 4.68 Å². The topological polar surface area (TPSA) is 86.7 Å². The van der Waals surface area contributed by atoms with E-state index in [2.05, 4.69) is 56.7 Å². The molecule has 9 heteroatoms. The van der Waals surface area contributed by atoms with Crippen LogP contribution in [-0.4, -0.2) is 39.8 Å². The number of rotatable bonds is 4. The monoisotopic (exact) mass is 366 g/mol. The van der Waals surface area contributed by atoms with E-state index < -0.39 is 0 Å². The molecule has 0 N–H and O–H groups in total. The fourth-order valence-corrected chi connectivity index (χ4v) is 3.84. The number of tetrazole rings is 1. The molecule has 4 rings (SSSR count). The fraction of sp³-hybridized carbons (Fsp3) is 0.294. The maximum absolute atomic E-state index is 4.42. The van der Waals surface area contributed by atoms with Crippen LogP contribution in [0.3, 0.4) is 0 Å². The van der Waals surface area contributed by atoms with E-state index in [9.17, 15) is 0 Å². The summed E-state index contributed by atoms with van der Waals surface area (Å²) in [5, 5.41) is 21.4. The first-order valence-electron chi connectivity index (χ1n) is 8.20. The van der Waals surface area contributed by atoms with Gasteiger partial charge in [0.25, 0.3) is 5.78 Å². The van der Waals surface area contributed by atoms with Gasteiger partial charge < -0.3 is 0 Å². The number of fused-ring (bicyclic) bond motifs is 1. The second kappa shape index (κ2) is 6.49. The molecule has 26 heavy (non-hydrogen) atoms. The lowest BCUT2D eigenvalue weighted by atomic mass is 10.1. The third-order valence-electron chi connectivity index (χ3n) is 4.11. The van der Waals surface area contributed by atoms with Gasteiger partial charge in [-0.3, -0.25) is 4.40 Å². The molecule has 0 aliphatic heterocycles. The number of nitrogens with zero attached hydrogens (tertiary/aromatic N) is 8. The molecule has 0 fully saturated rings. The van der Waals surface area contributed by atoms with Crippen LogP contribution in [0.15, 0.2) is 29.4 Å². The minimum absolute atomic E-state index is 0.578. The van der Waals surface area contributed by atoms with Crippen molar-refractivity contribution < 1.29 is 0 Å². The lowest BCUT2D eigenvalue weighted by Gasteiger charge is -2.08. The molecule has 0 atom stereocenters. The average Bonchev–Trinajstić information content (AvgIpc) is 3.19. The molecule has 0 aliphatic carbocycles.